The number of rotatable bonds is 11. The monoisotopic (exact) mass is 514 g/mol. The Morgan fingerprint density at radius 2 is 1.51 bits per heavy atom. The molecule has 1 N–H and O–H groups in total. The second kappa shape index (κ2) is 14.0. The maximum atomic E-state index is 13.8. The molecule has 1 fully saturated rings. The molecule has 1 atom stereocenters. The number of hydrogen-bond acceptors (Lipinski definition) is 3. The fourth-order valence-electron chi connectivity index (χ4n) is 5.02. The van der Waals surface area contributed by atoms with Crippen molar-refractivity contribution in [1.29, 1.82) is 0 Å². The molecule has 0 aromatic heterocycles. The van der Waals surface area contributed by atoms with E-state index in [4.69, 9.17) is 0 Å². The Balaban J connectivity index is 1.56. The fourth-order valence-corrected chi connectivity index (χ4v) is 5.89. The zero-order valence-electron chi connectivity index (χ0n) is 21.8. The van der Waals surface area contributed by atoms with Crippen LogP contribution in [-0.2, 0) is 28.3 Å². The largest absolute Gasteiger partial charge is 0.352 e. The smallest absolute Gasteiger partial charge is 0.243 e. The first-order valence-corrected chi connectivity index (χ1v) is 14.5. The minimum Gasteiger partial charge on any atom is -0.352 e. The van der Waals surface area contributed by atoms with Crippen LogP contribution in [0, 0.1) is 6.92 Å². The molecule has 1 aliphatic rings. The van der Waals surface area contributed by atoms with E-state index in [1.54, 1.807) is 11.8 Å². The summed E-state index contributed by atoms with van der Waals surface area (Å²) < 4.78 is 0. The number of carbonyl (C=O) groups is 2. The number of thioether (sulfide) groups is 1. The third-order valence-corrected chi connectivity index (χ3v) is 7.98. The van der Waals surface area contributed by atoms with Crippen LogP contribution < -0.4 is 5.32 Å². The van der Waals surface area contributed by atoms with Crippen LogP contribution in [0.5, 0.6) is 0 Å². The third kappa shape index (κ3) is 8.50. The zero-order valence-corrected chi connectivity index (χ0v) is 22.6. The predicted octanol–water partition coefficient (Wildman–Crippen LogP) is 6.32. The Bertz CT molecular complexity index is 1130. The average molecular weight is 515 g/mol. The molecule has 5 heteroatoms. The number of benzene rings is 3. The van der Waals surface area contributed by atoms with Gasteiger partial charge in [0.1, 0.15) is 6.04 Å². The summed E-state index contributed by atoms with van der Waals surface area (Å²) in [4.78, 5) is 29.4. The van der Waals surface area contributed by atoms with Crippen molar-refractivity contribution in [2.24, 2.45) is 0 Å². The lowest BCUT2D eigenvalue weighted by molar-refractivity contribution is -0.139. The molecule has 194 valence electrons. The van der Waals surface area contributed by atoms with Crippen LogP contribution in [0.1, 0.15) is 54.4 Å². The number of nitrogens with zero attached hydrogens (tertiary/aromatic N) is 1. The fraction of sp³-hybridized carbons (Fsp3) is 0.375. The first-order chi connectivity index (χ1) is 18.1. The second-order valence-electron chi connectivity index (χ2n) is 10.0. The molecule has 2 amide bonds. The summed E-state index contributed by atoms with van der Waals surface area (Å²) >= 11 is 1.60. The van der Waals surface area contributed by atoms with Gasteiger partial charge in [-0.2, -0.15) is 0 Å². The number of aryl methyl sites for hydroxylation is 1. The molecule has 3 aromatic carbocycles. The SMILES string of the molecule is Cc1cccc(CN(C(=O)CSCc2ccccc2)C(Cc2ccccc2)C(=O)NC2CCCCC2)c1. The van der Waals surface area contributed by atoms with Crippen LogP contribution in [0.3, 0.4) is 0 Å². The average Bonchev–Trinajstić information content (AvgIpc) is 2.92. The lowest BCUT2D eigenvalue weighted by atomic mass is 9.94. The van der Waals surface area contributed by atoms with Crippen molar-refractivity contribution in [3.63, 3.8) is 0 Å². The molecule has 3 aromatic rings. The molecule has 0 radical (unpaired) electrons. The Morgan fingerprint density at radius 1 is 0.865 bits per heavy atom. The van der Waals surface area contributed by atoms with Crippen molar-refractivity contribution < 1.29 is 9.59 Å². The van der Waals surface area contributed by atoms with Crippen molar-refractivity contribution in [3.05, 3.63) is 107 Å². The van der Waals surface area contributed by atoms with Crippen LogP contribution in [0.4, 0.5) is 0 Å². The minimum absolute atomic E-state index is 0.00200. The van der Waals surface area contributed by atoms with Crippen molar-refractivity contribution in [1.82, 2.24) is 10.2 Å². The van der Waals surface area contributed by atoms with Gasteiger partial charge in [-0.05, 0) is 36.5 Å². The highest BCUT2D eigenvalue weighted by molar-refractivity contribution is 7.99. The van der Waals surface area contributed by atoms with E-state index in [-0.39, 0.29) is 17.9 Å². The topological polar surface area (TPSA) is 49.4 Å². The van der Waals surface area contributed by atoms with Gasteiger partial charge in [0, 0.05) is 24.8 Å². The van der Waals surface area contributed by atoms with Gasteiger partial charge in [0.15, 0.2) is 0 Å². The van der Waals surface area contributed by atoms with Crippen LogP contribution >= 0.6 is 11.8 Å². The van der Waals surface area contributed by atoms with Gasteiger partial charge >= 0.3 is 0 Å². The van der Waals surface area contributed by atoms with Gasteiger partial charge in [0.25, 0.3) is 0 Å². The van der Waals surface area contributed by atoms with E-state index in [2.05, 4.69) is 36.5 Å². The molecule has 1 aliphatic carbocycles. The lowest BCUT2D eigenvalue weighted by Crippen LogP contribution is -2.53. The molecule has 0 bridgehead atoms. The first-order valence-electron chi connectivity index (χ1n) is 13.4. The molecule has 1 saturated carbocycles. The van der Waals surface area contributed by atoms with Gasteiger partial charge < -0.3 is 10.2 Å². The number of hydrogen-bond donors (Lipinski definition) is 1. The van der Waals surface area contributed by atoms with Gasteiger partial charge in [-0.3, -0.25) is 9.59 Å². The van der Waals surface area contributed by atoms with Crippen molar-refractivity contribution >= 4 is 23.6 Å². The summed E-state index contributed by atoms with van der Waals surface area (Å²) in [5, 5.41) is 3.31. The number of carbonyl (C=O) groups excluding carboxylic acids is 2. The van der Waals surface area contributed by atoms with Gasteiger partial charge in [-0.15, -0.1) is 11.8 Å². The second-order valence-corrected chi connectivity index (χ2v) is 11.0. The molecule has 0 heterocycles. The van der Waals surface area contributed by atoms with E-state index >= 15 is 0 Å². The lowest BCUT2D eigenvalue weighted by Gasteiger charge is -2.33. The van der Waals surface area contributed by atoms with E-state index < -0.39 is 6.04 Å². The molecule has 1 unspecified atom stereocenters. The summed E-state index contributed by atoms with van der Waals surface area (Å²) in [6, 6.07) is 28.1. The Morgan fingerprint density at radius 3 is 2.19 bits per heavy atom. The van der Waals surface area contributed by atoms with E-state index in [1.165, 1.54) is 12.0 Å². The highest BCUT2D eigenvalue weighted by atomic mass is 32.2. The molecular weight excluding hydrogens is 476 g/mol. The molecular formula is C32H38N2O2S. The van der Waals surface area contributed by atoms with Crippen LogP contribution in [0.2, 0.25) is 0 Å². The van der Waals surface area contributed by atoms with Crippen LogP contribution in [0.25, 0.3) is 0 Å². The van der Waals surface area contributed by atoms with Crippen molar-refractivity contribution in [2.45, 2.75) is 69.8 Å². The van der Waals surface area contributed by atoms with Crippen LogP contribution in [0.15, 0.2) is 84.9 Å². The predicted molar refractivity (Wildman–Crippen MR) is 153 cm³/mol. The third-order valence-electron chi connectivity index (χ3n) is 7.00. The van der Waals surface area contributed by atoms with Crippen molar-refractivity contribution in [3.8, 4) is 0 Å². The Kier molecular flexibility index (Phi) is 10.2. The molecule has 4 rings (SSSR count). The first kappa shape index (κ1) is 27.0. The molecule has 0 spiro atoms. The molecule has 0 aliphatic heterocycles. The van der Waals surface area contributed by atoms with Gasteiger partial charge in [0.2, 0.25) is 11.8 Å². The molecule has 4 nitrogen and oxygen atoms in total. The number of nitrogens with one attached hydrogen (secondary N) is 1. The zero-order chi connectivity index (χ0) is 25.9. The maximum Gasteiger partial charge on any atom is 0.243 e. The van der Waals surface area contributed by atoms with Gasteiger partial charge in [-0.1, -0.05) is 110 Å². The Hall–Kier alpha value is -3.05. The summed E-state index contributed by atoms with van der Waals surface area (Å²) in [6.07, 6.45) is 6.06. The summed E-state index contributed by atoms with van der Waals surface area (Å²) in [7, 11) is 0. The van der Waals surface area contributed by atoms with Crippen LogP contribution in [-0.4, -0.2) is 34.6 Å². The highest BCUT2D eigenvalue weighted by Crippen LogP contribution is 2.21. The summed E-state index contributed by atoms with van der Waals surface area (Å²) in [5.41, 5.74) is 4.45. The highest BCUT2D eigenvalue weighted by Gasteiger charge is 2.31. The van der Waals surface area contributed by atoms with E-state index in [9.17, 15) is 9.59 Å². The van der Waals surface area contributed by atoms with Crippen molar-refractivity contribution in [2.75, 3.05) is 5.75 Å². The number of amides is 2. The van der Waals surface area contributed by atoms with E-state index in [0.717, 1.165) is 48.1 Å². The summed E-state index contributed by atoms with van der Waals surface area (Å²) in [6.45, 7) is 2.48. The van der Waals surface area contributed by atoms with Gasteiger partial charge in [0.05, 0.1) is 5.75 Å². The standard InChI is InChI=1S/C32H38N2O2S/c1-25-12-11-17-28(20-25)22-34(31(35)24-37-23-27-15-7-3-8-16-27)30(21-26-13-5-2-6-14-26)32(36)33-29-18-9-4-10-19-29/h2-3,5-8,11-17,20,29-30H,4,9-10,18-19,21-24H2,1H3,(H,33,36). The Labute approximate surface area is 225 Å². The molecule has 0 saturated heterocycles. The summed E-state index contributed by atoms with van der Waals surface area (Å²) in [5.74, 6) is 1.07. The minimum atomic E-state index is -0.560. The van der Waals surface area contributed by atoms with Gasteiger partial charge in [-0.25, -0.2) is 0 Å². The van der Waals surface area contributed by atoms with E-state index in [1.807, 2.05) is 65.6 Å². The normalized spacial score (nSPS) is 14.6. The molecule has 37 heavy (non-hydrogen) atoms. The quantitative estimate of drug-likeness (QED) is 0.326. The van der Waals surface area contributed by atoms with E-state index in [0.29, 0.717) is 18.7 Å². The maximum absolute atomic E-state index is 13.8.